The fourth-order valence-corrected chi connectivity index (χ4v) is 2.52. The van der Waals surface area contributed by atoms with E-state index in [4.69, 9.17) is 4.74 Å². The quantitative estimate of drug-likeness (QED) is 0.840. The maximum atomic E-state index is 11.7. The van der Waals surface area contributed by atoms with Gasteiger partial charge in [0.25, 0.3) is 0 Å². The van der Waals surface area contributed by atoms with Crippen LogP contribution in [-0.2, 0) is 16.1 Å². The van der Waals surface area contributed by atoms with Crippen LogP contribution < -0.4 is 5.32 Å². The van der Waals surface area contributed by atoms with Crippen molar-refractivity contribution in [3.8, 4) is 0 Å². The molecule has 6 heteroatoms. The van der Waals surface area contributed by atoms with Crippen molar-refractivity contribution in [1.82, 2.24) is 15.1 Å². The average molecular weight is 330 g/mol. The maximum absolute atomic E-state index is 11.7. The first kappa shape index (κ1) is 14.5. The first-order chi connectivity index (χ1) is 9.09. The number of rotatable bonds is 5. The van der Waals surface area contributed by atoms with Gasteiger partial charge >= 0.3 is 0 Å². The first-order valence-corrected chi connectivity index (χ1v) is 7.47. The molecular formula is C13H20BrN3O2. The summed E-state index contributed by atoms with van der Waals surface area (Å²) in [6.07, 6.45) is 2.46. The summed E-state index contributed by atoms with van der Waals surface area (Å²) in [5, 5.41) is 7.36. The van der Waals surface area contributed by atoms with Gasteiger partial charge in [-0.05, 0) is 49.0 Å². The molecule has 106 valence electrons. The summed E-state index contributed by atoms with van der Waals surface area (Å²) in [7, 11) is 0. The lowest BCUT2D eigenvalue weighted by molar-refractivity contribution is -0.130. The second-order valence-corrected chi connectivity index (χ2v) is 5.65. The van der Waals surface area contributed by atoms with Gasteiger partial charge in [-0.25, -0.2) is 0 Å². The van der Waals surface area contributed by atoms with Crippen LogP contribution in [-0.4, -0.2) is 34.9 Å². The van der Waals surface area contributed by atoms with Gasteiger partial charge in [-0.2, -0.15) is 5.10 Å². The van der Waals surface area contributed by atoms with Crippen molar-refractivity contribution < 1.29 is 9.53 Å². The minimum atomic E-state index is -0.233. The van der Waals surface area contributed by atoms with Crippen LogP contribution in [0.25, 0.3) is 0 Å². The highest BCUT2D eigenvalue weighted by atomic mass is 79.9. The average Bonchev–Trinajstić information content (AvgIpc) is 3.00. The van der Waals surface area contributed by atoms with Crippen molar-refractivity contribution >= 4 is 21.8 Å². The Hall–Kier alpha value is -0.880. The highest BCUT2D eigenvalue weighted by Crippen LogP contribution is 2.19. The number of amides is 1. The van der Waals surface area contributed by atoms with Crippen molar-refractivity contribution in [2.24, 2.45) is 0 Å². The molecule has 0 bridgehead atoms. The number of hydrogen-bond donors (Lipinski definition) is 1. The van der Waals surface area contributed by atoms with Crippen LogP contribution in [0.5, 0.6) is 0 Å². The molecule has 1 saturated heterocycles. The molecule has 1 N–H and O–H groups in total. The number of hydrogen-bond acceptors (Lipinski definition) is 3. The Labute approximate surface area is 121 Å². The minimum absolute atomic E-state index is 0.0204. The number of aryl methyl sites for hydroxylation is 2. The van der Waals surface area contributed by atoms with Gasteiger partial charge in [0.2, 0.25) is 5.91 Å². The third kappa shape index (κ3) is 3.57. The Morgan fingerprint density at radius 1 is 1.58 bits per heavy atom. The summed E-state index contributed by atoms with van der Waals surface area (Å²) >= 11 is 3.51. The van der Waals surface area contributed by atoms with Crippen LogP contribution in [0.3, 0.4) is 0 Å². The molecule has 1 amide bonds. The number of ether oxygens (including phenoxy) is 1. The molecule has 5 nitrogen and oxygen atoms in total. The lowest BCUT2D eigenvalue weighted by Gasteiger charge is -2.10. The topological polar surface area (TPSA) is 56.2 Å². The fraction of sp³-hybridized carbons (Fsp3) is 0.692. The molecule has 0 saturated carbocycles. The third-order valence-electron chi connectivity index (χ3n) is 3.36. The number of nitrogens with zero attached hydrogens (tertiary/aromatic N) is 2. The predicted octanol–water partition coefficient (Wildman–Crippen LogP) is 1.95. The largest absolute Gasteiger partial charge is 0.368 e. The SMILES string of the molecule is Cc1nn(CCCNC(=O)[C@H]2CCCO2)c(C)c1Br. The van der Waals surface area contributed by atoms with E-state index in [-0.39, 0.29) is 12.0 Å². The minimum Gasteiger partial charge on any atom is -0.368 e. The van der Waals surface area contributed by atoms with Crippen molar-refractivity contribution in [1.29, 1.82) is 0 Å². The summed E-state index contributed by atoms with van der Waals surface area (Å²) < 4.78 is 8.37. The van der Waals surface area contributed by atoms with E-state index in [2.05, 4.69) is 26.3 Å². The van der Waals surface area contributed by atoms with E-state index in [1.165, 1.54) is 0 Å². The van der Waals surface area contributed by atoms with E-state index in [1.54, 1.807) is 0 Å². The predicted molar refractivity (Wildman–Crippen MR) is 76.0 cm³/mol. The summed E-state index contributed by atoms with van der Waals surface area (Å²) in [6.45, 7) is 6.19. The zero-order valence-corrected chi connectivity index (χ0v) is 13.0. The van der Waals surface area contributed by atoms with Crippen LogP contribution in [0.4, 0.5) is 0 Å². The molecule has 0 radical (unpaired) electrons. The molecule has 1 aliphatic rings. The number of aromatic nitrogens is 2. The van der Waals surface area contributed by atoms with Gasteiger partial charge in [-0.15, -0.1) is 0 Å². The lowest BCUT2D eigenvalue weighted by atomic mass is 10.2. The Bertz CT molecular complexity index is 453. The van der Waals surface area contributed by atoms with E-state index >= 15 is 0 Å². The molecule has 0 spiro atoms. The highest BCUT2D eigenvalue weighted by Gasteiger charge is 2.22. The first-order valence-electron chi connectivity index (χ1n) is 6.68. The second-order valence-electron chi connectivity index (χ2n) is 4.85. The number of carbonyl (C=O) groups is 1. The molecule has 19 heavy (non-hydrogen) atoms. The Morgan fingerprint density at radius 2 is 2.37 bits per heavy atom. The van der Waals surface area contributed by atoms with Gasteiger partial charge in [0.1, 0.15) is 6.10 Å². The van der Waals surface area contributed by atoms with Crippen LogP contribution >= 0.6 is 15.9 Å². The monoisotopic (exact) mass is 329 g/mol. The van der Waals surface area contributed by atoms with Crippen LogP contribution in [0.1, 0.15) is 30.7 Å². The molecule has 2 rings (SSSR count). The molecule has 1 aliphatic heterocycles. The van der Waals surface area contributed by atoms with Gasteiger partial charge in [0.15, 0.2) is 0 Å². The van der Waals surface area contributed by atoms with Gasteiger partial charge in [0, 0.05) is 25.4 Å². The molecule has 0 aliphatic carbocycles. The van der Waals surface area contributed by atoms with Crippen LogP contribution in [0, 0.1) is 13.8 Å². The van der Waals surface area contributed by atoms with Crippen LogP contribution in [0.15, 0.2) is 4.47 Å². The van der Waals surface area contributed by atoms with E-state index in [9.17, 15) is 4.79 Å². The fourth-order valence-electron chi connectivity index (χ4n) is 2.23. The van der Waals surface area contributed by atoms with Gasteiger partial charge in [0.05, 0.1) is 10.2 Å². The van der Waals surface area contributed by atoms with Gasteiger partial charge in [-0.1, -0.05) is 0 Å². The molecule has 1 atom stereocenters. The maximum Gasteiger partial charge on any atom is 0.249 e. The smallest absolute Gasteiger partial charge is 0.249 e. The Morgan fingerprint density at radius 3 is 2.95 bits per heavy atom. The molecule has 0 unspecified atom stereocenters. The van der Waals surface area contributed by atoms with Gasteiger partial charge < -0.3 is 10.1 Å². The van der Waals surface area contributed by atoms with E-state index in [1.807, 2.05) is 18.5 Å². The van der Waals surface area contributed by atoms with Crippen molar-refractivity contribution in [2.45, 2.75) is 45.8 Å². The summed E-state index contributed by atoms with van der Waals surface area (Å²) in [6, 6.07) is 0. The standard InChI is InChI=1S/C13H20BrN3O2/c1-9-12(14)10(2)17(16-9)7-4-6-15-13(18)11-5-3-8-19-11/h11H,3-8H2,1-2H3,(H,15,18)/t11-/m1/s1. The number of carbonyl (C=O) groups excluding carboxylic acids is 1. The molecule has 1 aromatic heterocycles. The molecule has 2 heterocycles. The highest BCUT2D eigenvalue weighted by molar-refractivity contribution is 9.10. The summed E-state index contributed by atoms with van der Waals surface area (Å²) in [5.74, 6) is 0.0204. The van der Waals surface area contributed by atoms with E-state index < -0.39 is 0 Å². The molecular weight excluding hydrogens is 310 g/mol. The van der Waals surface area contributed by atoms with Crippen molar-refractivity contribution in [3.05, 3.63) is 15.9 Å². The number of halogens is 1. The zero-order chi connectivity index (χ0) is 13.8. The Kier molecular flexibility index (Phi) is 4.99. The third-order valence-corrected chi connectivity index (χ3v) is 4.51. The molecule has 1 fully saturated rings. The van der Waals surface area contributed by atoms with E-state index in [0.717, 1.165) is 41.7 Å². The lowest BCUT2D eigenvalue weighted by Crippen LogP contribution is -2.35. The van der Waals surface area contributed by atoms with Crippen molar-refractivity contribution in [2.75, 3.05) is 13.2 Å². The number of nitrogens with one attached hydrogen (secondary N) is 1. The van der Waals surface area contributed by atoms with Crippen LogP contribution in [0.2, 0.25) is 0 Å². The summed E-state index contributed by atoms with van der Waals surface area (Å²) in [4.78, 5) is 11.7. The van der Waals surface area contributed by atoms with Gasteiger partial charge in [-0.3, -0.25) is 9.48 Å². The second kappa shape index (κ2) is 6.52. The zero-order valence-electron chi connectivity index (χ0n) is 11.4. The van der Waals surface area contributed by atoms with E-state index in [0.29, 0.717) is 13.2 Å². The van der Waals surface area contributed by atoms with Crippen molar-refractivity contribution in [3.63, 3.8) is 0 Å². The summed E-state index contributed by atoms with van der Waals surface area (Å²) in [5.41, 5.74) is 2.13. The molecule has 1 aromatic rings. The normalized spacial score (nSPS) is 18.8. The Balaban J connectivity index is 1.71. The molecule has 0 aromatic carbocycles.